The fraction of sp³-hybridized carbons (Fsp3) is 0.474. The molecule has 2 heterocycles. The molecule has 144 valence electrons. The molecule has 0 saturated carbocycles. The largest absolute Gasteiger partial charge is 0.481 e. The molecule has 0 bridgehead atoms. The number of likely N-dealkylation sites (tertiary alicyclic amines) is 2. The lowest BCUT2D eigenvalue weighted by Gasteiger charge is -2.30. The molecule has 0 aliphatic carbocycles. The molecule has 8 heteroatoms. The quantitative estimate of drug-likeness (QED) is 0.820. The van der Waals surface area contributed by atoms with Gasteiger partial charge in [-0.1, -0.05) is 0 Å². The van der Waals surface area contributed by atoms with Gasteiger partial charge in [-0.25, -0.2) is 0 Å². The number of hydrogen-bond donors (Lipinski definition) is 2. The molecule has 27 heavy (non-hydrogen) atoms. The molecule has 0 aromatic heterocycles. The molecule has 0 radical (unpaired) electrons. The van der Waals surface area contributed by atoms with Crippen LogP contribution in [0.2, 0.25) is 0 Å². The normalized spacial score (nSPS) is 20.6. The molecule has 1 aromatic rings. The highest BCUT2D eigenvalue weighted by Gasteiger charge is 2.32. The number of rotatable bonds is 4. The first-order valence-corrected chi connectivity index (χ1v) is 9.02. The third-order valence-corrected chi connectivity index (χ3v) is 5.24. The predicted octanol–water partition coefficient (Wildman–Crippen LogP) is 1.04. The summed E-state index contributed by atoms with van der Waals surface area (Å²) in [5.74, 6) is -1.94. The Bertz CT molecular complexity index is 753. The van der Waals surface area contributed by atoms with Crippen LogP contribution >= 0.6 is 0 Å². The summed E-state index contributed by atoms with van der Waals surface area (Å²) in [6.07, 6.45) is 1.14. The Morgan fingerprint density at radius 2 is 1.70 bits per heavy atom. The van der Waals surface area contributed by atoms with Crippen LogP contribution in [0, 0.1) is 11.8 Å². The topological polar surface area (TPSA) is 107 Å². The number of amides is 3. The van der Waals surface area contributed by atoms with Gasteiger partial charge in [0.15, 0.2) is 0 Å². The lowest BCUT2D eigenvalue weighted by molar-refractivity contribution is -0.143. The van der Waals surface area contributed by atoms with E-state index in [2.05, 4.69) is 5.32 Å². The molecule has 3 amide bonds. The Kier molecular flexibility index (Phi) is 5.43. The number of benzene rings is 1. The first kappa shape index (κ1) is 18.9. The zero-order chi connectivity index (χ0) is 19.6. The van der Waals surface area contributed by atoms with Gasteiger partial charge in [-0.05, 0) is 37.1 Å². The molecule has 8 nitrogen and oxygen atoms in total. The minimum absolute atomic E-state index is 0.0391. The van der Waals surface area contributed by atoms with E-state index in [1.807, 2.05) is 0 Å². The van der Waals surface area contributed by atoms with E-state index < -0.39 is 5.97 Å². The van der Waals surface area contributed by atoms with E-state index >= 15 is 0 Å². The highest BCUT2D eigenvalue weighted by molar-refractivity contribution is 5.98. The Hall–Kier alpha value is -2.90. The summed E-state index contributed by atoms with van der Waals surface area (Å²) in [6, 6.07) is 6.62. The summed E-state index contributed by atoms with van der Waals surface area (Å²) in [5, 5.41) is 11.8. The molecule has 1 aromatic carbocycles. The molecule has 1 atom stereocenters. The summed E-state index contributed by atoms with van der Waals surface area (Å²) >= 11 is 0. The molecule has 2 aliphatic rings. The van der Waals surface area contributed by atoms with Crippen molar-refractivity contribution >= 4 is 29.4 Å². The standard InChI is InChI=1S/C19H23N3O5/c1-21-11-14(10-16(21)23)17(24)20-15-4-2-12(3-5-15)18(25)22-8-6-13(7-9-22)19(26)27/h2-5,13-14H,6-11H2,1H3,(H,20,24)(H,26,27). The summed E-state index contributed by atoms with van der Waals surface area (Å²) in [7, 11) is 1.68. The highest BCUT2D eigenvalue weighted by Crippen LogP contribution is 2.21. The first-order chi connectivity index (χ1) is 12.8. The van der Waals surface area contributed by atoms with E-state index in [0.717, 1.165) is 0 Å². The molecule has 2 aliphatic heterocycles. The summed E-state index contributed by atoms with van der Waals surface area (Å²) in [4.78, 5) is 50.5. The summed E-state index contributed by atoms with van der Waals surface area (Å²) in [5.41, 5.74) is 1.07. The second kappa shape index (κ2) is 7.77. The maximum atomic E-state index is 12.5. The van der Waals surface area contributed by atoms with Gasteiger partial charge in [0.2, 0.25) is 11.8 Å². The number of nitrogens with one attached hydrogen (secondary N) is 1. The van der Waals surface area contributed by atoms with Gasteiger partial charge in [0.1, 0.15) is 0 Å². The van der Waals surface area contributed by atoms with Gasteiger partial charge in [-0.2, -0.15) is 0 Å². The third-order valence-electron chi connectivity index (χ3n) is 5.24. The van der Waals surface area contributed by atoms with E-state index in [1.165, 1.54) is 0 Å². The lowest BCUT2D eigenvalue weighted by Crippen LogP contribution is -2.40. The Morgan fingerprint density at radius 1 is 1.07 bits per heavy atom. The van der Waals surface area contributed by atoms with Crippen LogP contribution in [0.4, 0.5) is 5.69 Å². The number of carboxylic acid groups (broad SMARTS) is 1. The van der Waals surface area contributed by atoms with Crippen molar-refractivity contribution in [2.45, 2.75) is 19.3 Å². The SMILES string of the molecule is CN1CC(C(=O)Nc2ccc(C(=O)N3CCC(C(=O)O)CC3)cc2)CC1=O. The van der Waals surface area contributed by atoms with Crippen molar-refractivity contribution in [1.82, 2.24) is 9.80 Å². The van der Waals surface area contributed by atoms with Crippen LogP contribution in [0.1, 0.15) is 29.6 Å². The molecular weight excluding hydrogens is 350 g/mol. The first-order valence-electron chi connectivity index (χ1n) is 9.02. The van der Waals surface area contributed by atoms with Crippen LogP contribution in [-0.4, -0.2) is 65.3 Å². The highest BCUT2D eigenvalue weighted by atomic mass is 16.4. The van der Waals surface area contributed by atoms with Gasteiger partial charge in [0.25, 0.3) is 5.91 Å². The molecule has 2 N–H and O–H groups in total. The van der Waals surface area contributed by atoms with Crippen molar-refractivity contribution in [2.75, 3.05) is 32.0 Å². The van der Waals surface area contributed by atoms with Crippen molar-refractivity contribution in [2.24, 2.45) is 11.8 Å². The predicted molar refractivity (Wildman–Crippen MR) is 97.1 cm³/mol. The fourth-order valence-corrected chi connectivity index (χ4v) is 3.49. The summed E-state index contributed by atoms with van der Waals surface area (Å²) in [6.45, 7) is 1.27. The number of anilines is 1. The molecule has 2 saturated heterocycles. The van der Waals surface area contributed by atoms with Crippen LogP contribution in [0.15, 0.2) is 24.3 Å². The second-order valence-electron chi connectivity index (χ2n) is 7.15. The number of carbonyl (C=O) groups excluding carboxylic acids is 3. The maximum Gasteiger partial charge on any atom is 0.306 e. The van der Waals surface area contributed by atoms with Gasteiger partial charge in [-0.3, -0.25) is 19.2 Å². The number of aliphatic carboxylic acids is 1. The zero-order valence-corrected chi connectivity index (χ0v) is 15.2. The Balaban J connectivity index is 1.55. The number of piperidine rings is 1. The summed E-state index contributed by atoms with van der Waals surface area (Å²) < 4.78 is 0. The second-order valence-corrected chi connectivity index (χ2v) is 7.15. The minimum atomic E-state index is -0.808. The van der Waals surface area contributed by atoms with Crippen LogP contribution in [-0.2, 0) is 14.4 Å². The third kappa shape index (κ3) is 4.27. The molecular formula is C19H23N3O5. The van der Waals surface area contributed by atoms with Gasteiger partial charge in [-0.15, -0.1) is 0 Å². The average Bonchev–Trinajstić information content (AvgIpc) is 3.01. The van der Waals surface area contributed by atoms with Crippen molar-refractivity contribution in [3.8, 4) is 0 Å². The van der Waals surface area contributed by atoms with Crippen molar-refractivity contribution in [3.63, 3.8) is 0 Å². The van der Waals surface area contributed by atoms with Crippen molar-refractivity contribution < 1.29 is 24.3 Å². The number of nitrogens with zero attached hydrogens (tertiary/aromatic N) is 2. The van der Waals surface area contributed by atoms with Gasteiger partial charge in [0.05, 0.1) is 11.8 Å². The fourth-order valence-electron chi connectivity index (χ4n) is 3.49. The Labute approximate surface area is 157 Å². The zero-order valence-electron chi connectivity index (χ0n) is 15.2. The molecule has 3 rings (SSSR count). The number of carboxylic acids is 1. The van der Waals surface area contributed by atoms with Crippen LogP contribution in [0.25, 0.3) is 0 Å². The Morgan fingerprint density at radius 3 is 2.22 bits per heavy atom. The average molecular weight is 373 g/mol. The molecule has 0 spiro atoms. The van der Waals surface area contributed by atoms with E-state index in [4.69, 9.17) is 5.11 Å². The van der Waals surface area contributed by atoms with E-state index in [9.17, 15) is 19.2 Å². The van der Waals surface area contributed by atoms with Crippen molar-refractivity contribution in [3.05, 3.63) is 29.8 Å². The van der Waals surface area contributed by atoms with Crippen molar-refractivity contribution in [1.29, 1.82) is 0 Å². The number of carbonyl (C=O) groups is 4. The van der Waals surface area contributed by atoms with Crippen LogP contribution in [0.3, 0.4) is 0 Å². The minimum Gasteiger partial charge on any atom is -0.481 e. The molecule has 2 fully saturated rings. The van der Waals surface area contributed by atoms with Gasteiger partial charge >= 0.3 is 5.97 Å². The van der Waals surface area contributed by atoms with E-state index in [-0.39, 0.29) is 36.0 Å². The van der Waals surface area contributed by atoms with Crippen LogP contribution < -0.4 is 5.32 Å². The van der Waals surface area contributed by atoms with E-state index in [1.54, 1.807) is 41.1 Å². The maximum absolute atomic E-state index is 12.5. The smallest absolute Gasteiger partial charge is 0.306 e. The van der Waals surface area contributed by atoms with Gasteiger partial charge < -0.3 is 20.2 Å². The van der Waals surface area contributed by atoms with Gasteiger partial charge in [0, 0.05) is 44.4 Å². The van der Waals surface area contributed by atoms with E-state index in [0.29, 0.717) is 43.7 Å². The lowest BCUT2D eigenvalue weighted by atomic mass is 9.96. The number of hydrogen-bond acceptors (Lipinski definition) is 4. The van der Waals surface area contributed by atoms with Crippen LogP contribution in [0.5, 0.6) is 0 Å². The molecule has 1 unspecified atom stereocenters. The monoisotopic (exact) mass is 373 g/mol.